The number of benzene rings is 3. The van der Waals surface area contributed by atoms with E-state index in [4.69, 9.17) is 32.7 Å². The zero-order valence-corrected chi connectivity index (χ0v) is 19.8. The lowest BCUT2D eigenvalue weighted by molar-refractivity contribution is -0.120. The number of hydrogen-bond acceptors (Lipinski definition) is 5. The molecule has 1 aromatic heterocycles. The quantitative estimate of drug-likeness (QED) is 0.248. The summed E-state index contributed by atoms with van der Waals surface area (Å²) in [7, 11) is 1.60. The molecule has 1 amide bonds. The monoisotopic (exact) mass is 493 g/mol. The van der Waals surface area contributed by atoms with Crippen LogP contribution in [0.4, 0.5) is 0 Å². The third-order valence-electron chi connectivity index (χ3n) is 5.09. The standard InChI is InChI=1S/C26H21Cl2N3O3/c1-33-23-11-10-17(15-30-31-25(32)14-20-21(27)7-3-8-22(20)28)13-19(23)16-34-24-9-2-5-18-6-4-12-29-26(18)24/h2-13,15H,14,16H2,1H3,(H,31,32)/b30-15+. The lowest BCUT2D eigenvalue weighted by Crippen LogP contribution is -2.20. The van der Waals surface area contributed by atoms with Crippen LogP contribution in [0.25, 0.3) is 10.9 Å². The van der Waals surface area contributed by atoms with Crippen molar-refractivity contribution < 1.29 is 14.3 Å². The number of pyridine rings is 1. The van der Waals surface area contributed by atoms with Crippen molar-refractivity contribution in [2.75, 3.05) is 7.11 Å². The van der Waals surface area contributed by atoms with E-state index in [0.717, 1.165) is 22.0 Å². The number of para-hydroxylation sites is 1. The summed E-state index contributed by atoms with van der Waals surface area (Å²) >= 11 is 12.3. The molecule has 1 N–H and O–H groups in total. The number of hydrogen-bond donors (Lipinski definition) is 1. The number of ether oxygens (including phenoxy) is 2. The largest absolute Gasteiger partial charge is 0.496 e. The van der Waals surface area contributed by atoms with Crippen molar-refractivity contribution in [1.82, 2.24) is 10.4 Å². The van der Waals surface area contributed by atoms with E-state index < -0.39 is 0 Å². The third-order valence-corrected chi connectivity index (χ3v) is 5.79. The van der Waals surface area contributed by atoms with Crippen LogP contribution in [-0.4, -0.2) is 24.2 Å². The molecule has 0 saturated carbocycles. The Bertz CT molecular complexity index is 1330. The van der Waals surface area contributed by atoms with E-state index in [0.29, 0.717) is 27.1 Å². The van der Waals surface area contributed by atoms with Crippen LogP contribution in [0, 0.1) is 0 Å². The summed E-state index contributed by atoms with van der Waals surface area (Å²) in [6.07, 6.45) is 3.31. The van der Waals surface area contributed by atoms with Crippen molar-refractivity contribution in [3.8, 4) is 11.5 Å². The summed E-state index contributed by atoms with van der Waals surface area (Å²) in [6.45, 7) is 0.276. The lowest BCUT2D eigenvalue weighted by Gasteiger charge is -2.12. The van der Waals surface area contributed by atoms with E-state index in [-0.39, 0.29) is 18.9 Å². The van der Waals surface area contributed by atoms with Crippen LogP contribution in [0.5, 0.6) is 11.5 Å². The second-order valence-electron chi connectivity index (χ2n) is 7.36. The van der Waals surface area contributed by atoms with Crippen molar-refractivity contribution >= 4 is 46.2 Å². The Morgan fingerprint density at radius 2 is 1.79 bits per heavy atom. The van der Waals surface area contributed by atoms with Crippen molar-refractivity contribution in [3.63, 3.8) is 0 Å². The van der Waals surface area contributed by atoms with Gasteiger partial charge in [-0.1, -0.05) is 47.5 Å². The molecule has 4 rings (SSSR count). The van der Waals surface area contributed by atoms with Crippen molar-refractivity contribution in [3.05, 3.63) is 99.7 Å². The molecule has 0 aliphatic rings. The first kappa shape index (κ1) is 23.5. The number of rotatable bonds is 8. The molecule has 8 heteroatoms. The molecular formula is C26H21Cl2N3O3. The smallest absolute Gasteiger partial charge is 0.244 e. The zero-order valence-electron chi connectivity index (χ0n) is 18.3. The number of amides is 1. The Kier molecular flexibility index (Phi) is 7.62. The first-order valence-electron chi connectivity index (χ1n) is 10.4. The van der Waals surface area contributed by atoms with Crippen LogP contribution in [-0.2, 0) is 17.8 Å². The molecule has 172 valence electrons. The Morgan fingerprint density at radius 1 is 1.03 bits per heavy atom. The lowest BCUT2D eigenvalue weighted by atomic mass is 10.1. The van der Waals surface area contributed by atoms with Gasteiger partial charge < -0.3 is 9.47 Å². The van der Waals surface area contributed by atoms with E-state index in [1.54, 1.807) is 37.7 Å². The molecule has 0 spiro atoms. The number of carbonyl (C=O) groups is 1. The number of aromatic nitrogens is 1. The minimum Gasteiger partial charge on any atom is -0.496 e. The Balaban J connectivity index is 1.43. The fourth-order valence-electron chi connectivity index (χ4n) is 3.42. The second-order valence-corrected chi connectivity index (χ2v) is 8.18. The number of nitrogens with one attached hydrogen (secondary N) is 1. The van der Waals surface area contributed by atoms with Crippen molar-refractivity contribution in [2.45, 2.75) is 13.0 Å². The van der Waals surface area contributed by atoms with E-state index in [1.165, 1.54) is 0 Å². The van der Waals surface area contributed by atoms with Crippen LogP contribution in [0.15, 0.2) is 78.0 Å². The zero-order chi connectivity index (χ0) is 23.9. The van der Waals surface area contributed by atoms with Gasteiger partial charge in [-0.2, -0.15) is 5.10 Å². The fourth-order valence-corrected chi connectivity index (χ4v) is 3.95. The number of fused-ring (bicyclic) bond motifs is 1. The molecule has 1 heterocycles. The predicted octanol–water partition coefficient (Wildman–Crippen LogP) is 5.82. The highest BCUT2D eigenvalue weighted by Gasteiger charge is 2.11. The molecule has 0 unspecified atom stereocenters. The summed E-state index contributed by atoms with van der Waals surface area (Å²) in [4.78, 5) is 16.7. The molecule has 0 saturated heterocycles. The molecule has 0 bridgehead atoms. The highest BCUT2D eigenvalue weighted by Crippen LogP contribution is 2.27. The van der Waals surface area contributed by atoms with Gasteiger partial charge in [0.05, 0.1) is 19.7 Å². The van der Waals surface area contributed by atoms with Gasteiger partial charge in [-0.05, 0) is 53.6 Å². The Labute approximate surface area is 207 Å². The van der Waals surface area contributed by atoms with Gasteiger partial charge in [-0.25, -0.2) is 5.43 Å². The van der Waals surface area contributed by atoms with Gasteiger partial charge in [-0.15, -0.1) is 0 Å². The number of methoxy groups -OCH3 is 1. The number of carbonyl (C=O) groups excluding carboxylic acids is 1. The molecule has 6 nitrogen and oxygen atoms in total. The van der Waals surface area contributed by atoms with Crippen LogP contribution in [0.2, 0.25) is 10.0 Å². The van der Waals surface area contributed by atoms with Crippen LogP contribution >= 0.6 is 23.2 Å². The second kappa shape index (κ2) is 11.0. The fraction of sp³-hybridized carbons (Fsp3) is 0.115. The maximum absolute atomic E-state index is 12.3. The minimum absolute atomic E-state index is 0.0244. The van der Waals surface area contributed by atoms with E-state index in [1.807, 2.05) is 48.5 Å². The topological polar surface area (TPSA) is 72.8 Å². The van der Waals surface area contributed by atoms with Gasteiger partial charge in [0, 0.05) is 27.2 Å². The van der Waals surface area contributed by atoms with Gasteiger partial charge >= 0.3 is 0 Å². The van der Waals surface area contributed by atoms with Gasteiger partial charge in [0.1, 0.15) is 23.6 Å². The summed E-state index contributed by atoms with van der Waals surface area (Å²) in [5, 5.41) is 5.93. The summed E-state index contributed by atoms with van der Waals surface area (Å²) in [5.74, 6) is 1.04. The summed E-state index contributed by atoms with van der Waals surface area (Å²) < 4.78 is 11.5. The van der Waals surface area contributed by atoms with Gasteiger partial charge in [0.2, 0.25) is 5.91 Å². The van der Waals surface area contributed by atoms with Crippen molar-refractivity contribution in [1.29, 1.82) is 0 Å². The maximum Gasteiger partial charge on any atom is 0.244 e. The molecule has 0 aliphatic carbocycles. The first-order chi connectivity index (χ1) is 16.5. The maximum atomic E-state index is 12.3. The molecule has 34 heavy (non-hydrogen) atoms. The summed E-state index contributed by atoms with van der Waals surface area (Å²) in [6, 6.07) is 20.3. The molecule has 0 aliphatic heterocycles. The number of nitrogens with zero attached hydrogens (tertiary/aromatic N) is 2. The number of halogens is 2. The Hall–Kier alpha value is -3.61. The molecule has 4 aromatic rings. The average Bonchev–Trinajstić information content (AvgIpc) is 2.85. The van der Waals surface area contributed by atoms with Crippen molar-refractivity contribution in [2.24, 2.45) is 5.10 Å². The van der Waals surface area contributed by atoms with E-state index in [9.17, 15) is 4.79 Å². The predicted molar refractivity (Wildman–Crippen MR) is 135 cm³/mol. The highest BCUT2D eigenvalue weighted by molar-refractivity contribution is 6.36. The van der Waals surface area contributed by atoms with Gasteiger partial charge in [-0.3, -0.25) is 9.78 Å². The molecule has 0 radical (unpaired) electrons. The molecule has 0 atom stereocenters. The van der Waals surface area contributed by atoms with E-state index in [2.05, 4.69) is 15.5 Å². The highest BCUT2D eigenvalue weighted by atomic mass is 35.5. The normalized spacial score (nSPS) is 11.0. The molecule has 3 aromatic carbocycles. The third kappa shape index (κ3) is 5.65. The minimum atomic E-state index is -0.327. The molecule has 0 fully saturated rings. The SMILES string of the molecule is COc1ccc(/C=N/NC(=O)Cc2c(Cl)cccc2Cl)cc1COc1cccc2cccnc12. The Morgan fingerprint density at radius 3 is 2.59 bits per heavy atom. The summed E-state index contributed by atoms with van der Waals surface area (Å²) in [5.41, 5.74) is 5.45. The molecular weight excluding hydrogens is 473 g/mol. The van der Waals surface area contributed by atoms with E-state index >= 15 is 0 Å². The van der Waals surface area contributed by atoms with Gasteiger partial charge in [0.15, 0.2) is 0 Å². The van der Waals surface area contributed by atoms with Crippen LogP contribution < -0.4 is 14.9 Å². The number of hydrazone groups is 1. The van der Waals surface area contributed by atoms with Crippen LogP contribution in [0.1, 0.15) is 16.7 Å². The van der Waals surface area contributed by atoms with Gasteiger partial charge in [0.25, 0.3) is 0 Å². The average molecular weight is 494 g/mol. The van der Waals surface area contributed by atoms with Crippen LogP contribution in [0.3, 0.4) is 0 Å². The first-order valence-corrected chi connectivity index (χ1v) is 11.2.